The highest BCUT2D eigenvalue weighted by Gasteiger charge is 2.19. The van der Waals surface area contributed by atoms with Gasteiger partial charge >= 0.3 is 0 Å². The second-order valence-corrected chi connectivity index (χ2v) is 6.31. The van der Waals surface area contributed by atoms with E-state index in [9.17, 15) is 4.79 Å². The Morgan fingerprint density at radius 3 is 2.52 bits per heavy atom. The lowest BCUT2D eigenvalue weighted by atomic mass is 10.3. The Kier molecular flexibility index (Phi) is 5.97. The van der Waals surface area contributed by atoms with E-state index in [0.29, 0.717) is 22.3 Å². The molecule has 4 nitrogen and oxygen atoms in total. The number of rotatable bonds is 6. The molecular weight excluding hydrogens is 337 g/mol. The molecule has 0 atom stereocenters. The van der Waals surface area contributed by atoms with Crippen LogP contribution >= 0.6 is 23.2 Å². The minimum atomic E-state index is -0.125. The molecule has 0 radical (unpaired) electrons. The molecule has 0 bridgehead atoms. The van der Waals surface area contributed by atoms with Crippen LogP contribution in [-0.4, -0.2) is 23.5 Å². The predicted octanol–water partition coefficient (Wildman–Crippen LogP) is 4.71. The van der Waals surface area contributed by atoms with Crippen molar-refractivity contribution in [3.05, 3.63) is 51.9 Å². The Balaban J connectivity index is 1.99. The maximum atomic E-state index is 12.4. The number of aryl methyl sites for hydroxylation is 1. The molecule has 2 rings (SSSR count). The van der Waals surface area contributed by atoms with Crippen molar-refractivity contribution in [1.29, 1.82) is 0 Å². The van der Waals surface area contributed by atoms with Gasteiger partial charge in [-0.2, -0.15) is 0 Å². The van der Waals surface area contributed by atoms with Gasteiger partial charge in [-0.15, -0.1) is 0 Å². The summed E-state index contributed by atoms with van der Waals surface area (Å²) >= 11 is 11.8. The third-order valence-corrected chi connectivity index (χ3v) is 4.06. The van der Waals surface area contributed by atoms with Gasteiger partial charge in [-0.1, -0.05) is 23.2 Å². The molecule has 0 saturated carbocycles. The zero-order chi connectivity index (χ0) is 17.0. The van der Waals surface area contributed by atoms with Gasteiger partial charge in [-0.3, -0.25) is 4.79 Å². The Labute approximate surface area is 145 Å². The van der Waals surface area contributed by atoms with Crippen molar-refractivity contribution in [3.63, 3.8) is 0 Å². The van der Waals surface area contributed by atoms with Crippen LogP contribution in [0.4, 0.5) is 0 Å². The summed E-state index contributed by atoms with van der Waals surface area (Å²) in [5, 5.41) is 0.839. The number of furan rings is 1. The van der Waals surface area contributed by atoms with Crippen LogP contribution in [-0.2, 0) is 11.3 Å². The van der Waals surface area contributed by atoms with E-state index in [2.05, 4.69) is 0 Å². The minimum absolute atomic E-state index is 0.0327. The number of carbonyl (C=O) groups is 1. The molecule has 1 amide bonds. The van der Waals surface area contributed by atoms with Gasteiger partial charge < -0.3 is 14.1 Å². The first-order valence-corrected chi connectivity index (χ1v) is 8.05. The van der Waals surface area contributed by atoms with Gasteiger partial charge in [0.2, 0.25) is 0 Å². The Bertz CT molecular complexity index is 682. The van der Waals surface area contributed by atoms with Crippen molar-refractivity contribution in [2.75, 3.05) is 6.61 Å². The summed E-state index contributed by atoms with van der Waals surface area (Å²) in [5.41, 5.74) is 0. The van der Waals surface area contributed by atoms with Crippen LogP contribution in [0.15, 0.2) is 34.7 Å². The largest absolute Gasteiger partial charge is 0.484 e. The second kappa shape index (κ2) is 7.75. The molecule has 23 heavy (non-hydrogen) atoms. The molecule has 2 aromatic rings. The normalized spacial score (nSPS) is 10.9. The number of hydrogen-bond acceptors (Lipinski definition) is 3. The van der Waals surface area contributed by atoms with Gasteiger partial charge in [-0.05, 0) is 45.0 Å². The van der Waals surface area contributed by atoms with Crippen LogP contribution < -0.4 is 4.74 Å². The molecule has 124 valence electrons. The van der Waals surface area contributed by atoms with Crippen LogP contribution in [0.3, 0.4) is 0 Å². The average molecular weight is 356 g/mol. The monoisotopic (exact) mass is 355 g/mol. The maximum Gasteiger partial charge on any atom is 0.261 e. The van der Waals surface area contributed by atoms with E-state index < -0.39 is 0 Å². The van der Waals surface area contributed by atoms with Crippen LogP contribution in [0, 0.1) is 6.92 Å². The van der Waals surface area contributed by atoms with Gasteiger partial charge in [0.1, 0.15) is 17.3 Å². The molecule has 0 saturated heterocycles. The topological polar surface area (TPSA) is 42.7 Å². The number of amides is 1. The van der Waals surface area contributed by atoms with Crippen LogP contribution in [0.5, 0.6) is 5.75 Å². The van der Waals surface area contributed by atoms with E-state index in [1.165, 1.54) is 0 Å². The van der Waals surface area contributed by atoms with Crippen LogP contribution in [0.1, 0.15) is 25.4 Å². The van der Waals surface area contributed by atoms with E-state index in [0.717, 1.165) is 11.5 Å². The van der Waals surface area contributed by atoms with Crippen molar-refractivity contribution in [1.82, 2.24) is 4.90 Å². The molecule has 0 aliphatic carbocycles. The van der Waals surface area contributed by atoms with Crippen molar-refractivity contribution in [2.45, 2.75) is 33.4 Å². The minimum Gasteiger partial charge on any atom is -0.484 e. The highest BCUT2D eigenvalue weighted by Crippen LogP contribution is 2.26. The third kappa shape index (κ3) is 4.91. The highest BCUT2D eigenvalue weighted by atomic mass is 35.5. The van der Waals surface area contributed by atoms with E-state index in [-0.39, 0.29) is 18.6 Å². The summed E-state index contributed by atoms with van der Waals surface area (Å²) in [7, 11) is 0. The second-order valence-electron chi connectivity index (χ2n) is 5.49. The first-order valence-electron chi connectivity index (χ1n) is 7.29. The van der Waals surface area contributed by atoms with Crippen molar-refractivity contribution in [3.8, 4) is 5.75 Å². The molecule has 1 aromatic heterocycles. The highest BCUT2D eigenvalue weighted by molar-refractivity contribution is 6.42. The summed E-state index contributed by atoms with van der Waals surface area (Å²) < 4.78 is 11.1. The van der Waals surface area contributed by atoms with Gasteiger partial charge in [-0.25, -0.2) is 0 Å². The SMILES string of the molecule is Cc1ccc(CN(C(=O)COc2ccc(Cl)c(Cl)c2)C(C)C)o1. The molecule has 0 fully saturated rings. The van der Waals surface area contributed by atoms with Crippen LogP contribution in [0.2, 0.25) is 10.0 Å². The summed E-state index contributed by atoms with van der Waals surface area (Å²) in [6.07, 6.45) is 0. The molecule has 1 aromatic carbocycles. The number of hydrogen-bond donors (Lipinski definition) is 0. The first-order chi connectivity index (χ1) is 10.9. The Morgan fingerprint density at radius 1 is 1.22 bits per heavy atom. The fraction of sp³-hybridized carbons (Fsp3) is 0.353. The smallest absolute Gasteiger partial charge is 0.261 e. The fourth-order valence-corrected chi connectivity index (χ4v) is 2.38. The molecule has 0 N–H and O–H groups in total. The standard InChI is InChI=1S/C17H19Cl2NO3/c1-11(2)20(9-14-5-4-12(3)23-14)17(21)10-22-13-6-7-15(18)16(19)8-13/h4-8,11H,9-10H2,1-3H3. The lowest BCUT2D eigenvalue weighted by Crippen LogP contribution is -2.39. The van der Waals surface area contributed by atoms with E-state index in [4.69, 9.17) is 32.4 Å². The number of nitrogens with zero attached hydrogens (tertiary/aromatic N) is 1. The molecular formula is C17H19Cl2NO3. The van der Waals surface area contributed by atoms with Crippen molar-refractivity contribution >= 4 is 29.1 Å². The predicted molar refractivity (Wildman–Crippen MR) is 91.1 cm³/mol. The zero-order valence-corrected chi connectivity index (χ0v) is 14.8. The van der Waals surface area contributed by atoms with E-state index in [1.54, 1.807) is 23.1 Å². The average Bonchev–Trinajstić information content (AvgIpc) is 2.91. The van der Waals surface area contributed by atoms with Crippen molar-refractivity contribution in [2.24, 2.45) is 0 Å². The summed E-state index contributed by atoms with van der Waals surface area (Å²) in [6, 6.07) is 8.69. The summed E-state index contributed by atoms with van der Waals surface area (Å²) in [4.78, 5) is 14.1. The lowest BCUT2D eigenvalue weighted by molar-refractivity contribution is -0.136. The molecule has 1 heterocycles. The van der Waals surface area contributed by atoms with Gasteiger partial charge in [0.15, 0.2) is 6.61 Å². The van der Waals surface area contributed by atoms with Gasteiger partial charge in [0, 0.05) is 12.1 Å². The Morgan fingerprint density at radius 2 is 1.96 bits per heavy atom. The number of halogens is 2. The molecule has 0 spiro atoms. The van der Waals surface area contributed by atoms with Crippen LogP contribution in [0.25, 0.3) is 0 Å². The fourth-order valence-electron chi connectivity index (χ4n) is 2.09. The first kappa shape index (κ1) is 17.7. The lowest BCUT2D eigenvalue weighted by Gasteiger charge is -2.25. The molecule has 0 aliphatic rings. The third-order valence-electron chi connectivity index (χ3n) is 3.32. The number of carbonyl (C=O) groups excluding carboxylic acids is 1. The number of benzene rings is 1. The molecule has 6 heteroatoms. The van der Waals surface area contributed by atoms with Gasteiger partial charge in [0.25, 0.3) is 5.91 Å². The summed E-state index contributed by atoms with van der Waals surface area (Å²) in [6.45, 7) is 6.11. The number of ether oxygens (including phenoxy) is 1. The van der Waals surface area contributed by atoms with Crippen molar-refractivity contribution < 1.29 is 13.9 Å². The van der Waals surface area contributed by atoms with E-state index in [1.807, 2.05) is 32.9 Å². The van der Waals surface area contributed by atoms with E-state index >= 15 is 0 Å². The maximum absolute atomic E-state index is 12.4. The molecule has 0 aliphatic heterocycles. The zero-order valence-electron chi connectivity index (χ0n) is 13.3. The molecule has 0 unspecified atom stereocenters. The Hall–Kier alpha value is -1.65. The summed E-state index contributed by atoms with van der Waals surface area (Å²) in [5.74, 6) is 1.95. The van der Waals surface area contributed by atoms with Gasteiger partial charge in [0.05, 0.1) is 16.6 Å². The quantitative estimate of drug-likeness (QED) is 0.753.